The van der Waals surface area contributed by atoms with E-state index in [0.29, 0.717) is 0 Å². The monoisotopic (exact) mass is 300 g/mol. The average Bonchev–Trinajstić information content (AvgIpc) is 3.02. The number of benzene rings is 1. The van der Waals surface area contributed by atoms with Crippen molar-refractivity contribution < 1.29 is 0 Å². The Hall–Kier alpha value is -1.32. The highest BCUT2D eigenvalue weighted by Crippen LogP contribution is 2.28. The minimum atomic E-state index is 0.191. The van der Waals surface area contributed by atoms with Crippen molar-refractivity contribution in [2.45, 2.75) is 38.6 Å². The molecule has 112 valence electrons. The quantitative estimate of drug-likeness (QED) is 0.866. The van der Waals surface area contributed by atoms with Gasteiger partial charge in [-0.2, -0.15) is 0 Å². The van der Waals surface area contributed by atoms with Crippen molar-refractivity contribution in [2.24, 2.45) is 0 Å². The highest BCUT2D eigenvalue weighted by atomic mass is 32.1. The molecule has 2 N–H and O–H groups in total. The molecule has 0 spiro atoms. The van der Waals surface area contributed by atoms with Crippen molar-refractivity contribution >= 4 is 17.0 Å². The van der Waals surface area contributed by atoms with Gasteiger partial charge in [-0.1, -0.05) is 38.1 Å². The molecule has 0 bridgehead atoms. The number of hydrogen-bond acceptors (Lipinski definition) is 3. The Morgan fingerprint density at radius 2 is 2.14 bits per heavy atom. The summed E-state index contributed by atoms with van der Waals surface area (Å²) in [6.45, 7) is 7.65. The predicted octanol–water partition coefficient (Wildman–Crippen LogP) is 4.17. The Morgan fingerprint density at radius 1 is 1.24 bits per heavy atom. The molecule has 2 aromatic rings. The fraction of sp³-hybridized carbons (Fsp3) is 0.444. The SMILES string of the molecule is CC(C)(CNCc1cccc2c1NCCC2)c1cccs1. The van der Waals surface area contributed by atoms with Crippen LogP contribution in [-0.2, 0) is 18.4 Å². The van der Waals surface area contributed by atoms with Crippen molar-refractivity contribution in [3.63, 3.8) is 0 Å². The third-order valence-corrected chi connectivity index (χ3v) is 5.47. The van der Waals surface area contributed by atoms with E-state index in [4.69, 9.17) is 0 Å². The van der Waals surface area contributed by atoms with E-state index in [2.05, 4.69) is 60.2 Å². The molecule has 2 nitrogen and oxygen atoms in total. The van der Waals surface area contributed by atoms with Gasteiger partial charge in [0.15, 0.2) is 0 Å². The zero-order valence-corrected chi connectivity index (χ0v) is 13.7. The summed E-state index contributed by atoms with van der Waals surface area (Å²) in [5.74, 6) is 0. The molecule has 0 saturated carbocycles. The standard InChI is InChI=1S/C18H24N2S/c1-18(2,16-9-5-11-21-16)13-19-12-15-7-3-6-14-8-4-10-20-17(14)15/h3,5-7,9,11,19-20H,4,8,10,12-13H2,1-2H3. The molecule has 0 fully saturated rings. The van der Waals surface area contributed by atoms with Gasteiger partial charge < -0.3 is 10.6 Å². The molecule has 2 heterocycles. The van der Waals surface area contributed by atoms with Gasteiger partial charge >= 0.3 is 0 Å². The maximum Gasteiger partial charge on any atom is 0.0418 e. The molecule has 0 saturated heterocycles. The first-order valence-corrected chi connectivity index (χ1v) is 8.64. The van der Waals surface area contributed by atoms with Crippen molar-refractivity contribution in [1.82, 2.24) is 5.32 Å². The Kier molecular flexibility index (Phi) is 4.32. The summed E-state index contributed by atoms with van der Waals surface area (Å²) in [4.78, 5) is 1.45. The summed E-state index contributed by atoms with van der Waals surface area (Å²) in [6.07, 6.45) is 2.45. The number of nitrogens with one attached hydrogen (secondary N) is 2. The third-order valence-electron chi connectivity index (χ3n) is 4.23. The summed E-state index contributed by atoms with van der Waals surface area (Å²) >= 11 is 1.85. The van der Waals surface area contributed by atoms with Crippen LogP contribution in [0.25, 0.3) is 0 Å². The average molecular weight is 300 g/mol. The van der Waals surface area contributed by atoms with Gasteiger partial charge in [0.2, 0.25) is 0 Å². The number of para-hydroxylation sites is 1. The second-order valence-electron chi connectivity index (χ2n) is 6.45. The molecule has 1 aromatic heterocycles. The molecule has 0 atom stereocenters. The summed E-state index contributed by atoms with van der Waals surface area (Å²) in [7, 11) is 0. The van der Waals surface area contributed by atoms with E-state index in [1.807, 2.05) is 11.3 Å². The maximum absolute atomic E-state index is 3.65. The number of aryl methyl sites for hydroxylation is 1. The maximum atomic E-state index is 3.65. The zero-order chi connectivity index (χ0) is 14.7. The predicted molar refractivity (Wildman–Crippen MR) is 92.3 cm³/mol. The number of rotatable bonds is 5. The van der Waals surface area contributed by atoms with Gasteiger partial charge in [0, 0.05) is 35.6 Å². The fourth-order valence-corrected chi connectivity index (χ4v) is 3.84. The Balaban J connectivity index is 1.63. The summed E-state index contributed by atoms with van der Waals surface area (Å²) in [5, 5.41) is 9.38. The van der Waals surface area contributed by atoms with Crippen LogP contribution in [-0.4, -0.2) is 13.1 Å². The Labute approximate surface area is 131 Å². The zero-order valence-electron chi connectivity index (χ0n) is 12.9. The van der Waals surface area contributed by atoms with Gasteiger partial charge in [-0.25, -0.2) is 0 Å². The lowest BCUT2D eigenvalue weighted by Crippen LogP contribution is -2.32. The first kappa shape index (κ1) is 14.6. The van der Waals surface area contributed by atoms with Crippen LogP contribution >= 0.6 is 11.3 Å². The van der Waals surface area contributed by atoms with Crippen molar-refractivity contribution in [3.05, 3.63) is 51.7 Å². The van der Waals surface area contributed by atoms with Gasteiger partial charge in [0.1, 0.15) is 0 Å². The van der Waals surface area contributed by atoms with Crippen LogP contribution in [0.4, 0.5) is 5.69 Å². The lowest BCUT2D eigenvalue weighted by atomic mass is 9.91. The molecule has 1 aliphatic rings. The van der Waals surface area contributed by atoms with Gasteiger partial charge in [-0.15, -0.1) is 11.3 Å². The number of hydrogen-bond donors (Lipinski definition) is 2. The van der Waals surface area contributed by atoms with Gasteiger partial charge in [0.05, 0.1) is 0 Å². The molecule has 3 rings (SSSR count). The Bertz CT molecular complexity index is 587. The van der Waals surface area contributed by atoms with Gasteiger partial charge in [0.25, 0.3) is 0 Å². The van der Waals surface area contributed by atoms with Crippen LogP contribution in [0.3, 0.4) is 0 Å². The van der Waals surface area contributed by atoms with E-state index >= 15 is 0 Å². The smallest absolute Gasteiger partial charge is 0.0418 e. The van der Waals surface area contributed by atoms with Crippen molar-refractivity contribution in [3.8, 4) is 0 Å². The highest BCUT2D eigenvalue weighted by molar-refractivity contribution is 7.10. The molecule has 0 unspecified atom stereocenters. The molecule has 0 aliphatic carbocycles. The first-order valence-electron chi connectivity index (χ1n) is 7.76. The van der Waals surface area contributed by atoms with Crippen LogP contribution in [0.1, 0.15) is 36.3 Å². The molecule has 0 amide bonds. The van der Waals surface area contributed by atoms with Crippen LogP contribution in [0.15, 0.2) is 35.7 Å². The lowest BCUT2D eigenvalue weighted by molar-refractivity contribution is 0.477. The van der Waals surface area contributed by atoms with E-state index in [1.54, 1.807) is 0 Å². The van der Waals surface area contributed by atoms with E-state index in [0.717, 1.165) is 19.6 Å². The second-order valence-corrected chi connectivity index (χ2v) is 7.39. The number of anilines is 1. The molecule has 1 aliphatic heterocycles. The van der Waals surface area contributed by atoms with E-state index in [-0.39, 0.29) is 5.41 Å². The lowest BCUT2D eigenvalue weighted by Gasteiger charge is -2.25. The van der Waals surface area contributed by atoms with Crippen molar-refractivity contribution in [2.75, 3.05) is 18.4 Å². The van der Waals surface area contributed by atoms with E-state index in [9.17, 15) is 0 Å². The number of fused-ring (bicyclic) bond motifs is 1. The minimum Gasteiger partial charge on any atom is -0.385 e. The van der Waals surface area contributed by atoms with Gasteiger partial charge in [-0.05, 0) is 35.4 Å². The van der Waals surface area contributed by atoms with Crippen LogP contribution < -0.4 is 10.6 Å². The van der Waals surface area contributed by atoms with Crippen LogP contribution in [0, 0.1) is 0 Å². The molecular formula is C18H24N2S. The molecular weight excluding hydrogens is 276 g/mol. The topological polar surface area (TPSA) is 24.1 Å². The molecule has 21 heavy (non-hydrogen) atoms. The second kappa shape index (κ2) is 6.20. The van der Waals surface area contributed by atoms with E-state index in [1.165, 1.54) is 34.5 Å². The molecule has 3 heteroatoms. The number of thiophene rings is 1. The van der Waals surface area contributed by atoms with Crippen LogP contribution in [0.2, 0.25) is 0 Å². The summed E-state index contributed by atoms with van der Waals surface area (Å²) in [5.41, 5.74) is 4.42. The molecule has 1 aromatic carbocycles. The molecule has 0 radical (unpaired) electrons. The highest BCUT2D eigenvalue weighted by Gasteiger charge is 2.21. The normalized spacial score (nSPS) is 14.6. The van der Waals surface area contributed by atoms with Gasteiger partial charge in [-0.3, -0.25) is 0 Å². The first-order chi connectivity index (χ1) is 10.2. The fourth-order valence-electron chi connectivity index (χ4n) is 2.99. The largest absolute Gasteiger partial charge is 0.385 e. The summed E-state index contributed by atoms with van der Waals surface area (Å²) < 4.78 is 0. The minimum absolute atomic E-state index is 0.191. The van der Waals surface area contributed by atoms with Crippen molar-refractivity contribution in [1.29, 1.82) is 0 Å². The third kappa shape index (κ3) is 3.30. The van der Waals surface area contributed by atoms with E-state index < -0.39 is 0 Å². The summed E-state index contributed by atoms with van der Waals surface area (Å²) in [6, 6.07) is 11.0. The van der Waals surface area contributed by atoms with Crippen LogP contribution in [0.5, 0.6) is 0 Å². The Morgan fingerprint density at radius 3 is 2.95 bits per heavy atom.